The van der Waals surface area contributed by atoms with Gasteiger partial charge in [-0.1, -0.05) is 12.1 Å². The first kappa shape index (κ1) is 17.2. The van der Waals surface area contributed by atoms with Crippen LogP contribution >= 0.6 is 11.3 Å². The molecule has 3 aromatic rings. The minimum Gasteiger partial charge on any atom is -0.494 e. The molecule has 0 bridgehead atoms. The molecule has 25 heavy (non-hydrogen) atoms. The van der Waals surface area contributed by atoms with Gasteiger partial charge in [0.25, 0.3) is 0 Å². The fourth-order valence-corrected chi connectivity index (χ4v) is 3.06. The third kappa shape index (κ3) is 5.16. The maximum absolute atomic E-state index is 12.0. The summed E-state index contributed by atoms with van der Waals surface area (Å²) in [6, 6.07) is 15.6. The van der Waals surface area contributed by atoms with Crippen LogP contribution in [0.4, 0.5) is 5.69 Å². The van der Waals surface area contributed by atoms with Crippen molar-refractivity contribution < 1.29 is 9.53 Å². The van der Waals surface area contributed by atoms with E-state index < -0.39 is 0 Å². The molecule has 0 saturated carbocycles. The van der Waals surface area contributed by atoms with Gasteiger partial charge in [0.2, 0.25) is 5.91 Å². The molecule has 1 aromatic heterocycles. The van der Waals surface area contributed by atoms with Gasteiger partial charge < -0.3 is 10.1 Å². The van der Waals surface area contributed by atoms with Crippen molar-refractivity contribution in [2.24, 2.45) is 0 Å². The number of nitrogens with zero attached hydrogens (tertiary/aromatic N) is 1. The molecule has 4 nitrogen and oxygen atoms in total. The van der Waals surface area contributed by atoms with Crippen molar-refractivity contribution in [3.8, 4) is 16.3 Å². The van der Waals surface area contributed by atoms with Gasteiger partial charge in [-0.3, -0.25) is 4.79 Å². The van der Waals surface area contributed by atoms with Gasteiger partial charge in [0.05, 0.1) is 6.61 Å². The molecule has 1 N–H and O–H groups in total. The lowest BCUT2D eigenvalue weighted by Crippen LogP contribution is -2.12. The molecule has 0 aliphatic carbocycles. The van der Waals surface area contributed by atoms with E-state index in [4.69, 9.17) is 4.74 Å². The lowest BCUT2D eigenvalue weighted by atomic mass is 10.2. The highest BCUT2D eigenvalue weighted by atomic mass is 32.1. The summed E-state index contributed by atoms with van der Waals surface area (Å²) in [5.74, 6) is 0.841. The van der Waals surface area contributed by atoms with Crippen LogP contribution in [0.3, 0.4) is 0 Å². The Morgan fingerprint density at radius 1 is 1.20 bits per heavy atom. The average Bonchev–Trinajstić information content (AvgIpc) is 3.14. The minimum atomic E-state index is -0.00478. The van der Waals surface area contributed by atoms with Crippen LogP contribution in [0.15, 0.2) is 60.1 Å². The summed E-state index contributed by atoms with van der Waals surface area (Å²) in [6.45, 7) is 2.56. The van der Waals surface area contributed by atoms with Crippen molar-refractivity contribution in [2.45, 2.75) is 19.8 Å². The summed E-state index contributed by atoms with van der Waals surface area (Å²) >= 11 is 1.60. The predicted octanol–water partition coefficient (Wildman–Crippen LogP) is 4.92. The van der Waals surface area contributed by atoms with E-state index in [0.717, 1.165) is 27.6 Å². The zero-order valence-corrected chi connectivity index (χ0v) is 14.9. The molecule has 0 saturated heterocycles. The van der Waals surface area contributed by atoms with Crippen LogP contribution in [0.2, 0.25) is 0 Å². The van der Waals surface area contributed by atoms with Crippen LogP contribution < -0.4 is 10.1 Å². The number of hydrogen-bond acceptors (Lipinski definition) is 4. The lowest BCUT2D eigenvalue weighted by molar-refractivity contribution is -0.116. The van der Waals surface area contributed by atoms with E-state index >= 15 is 0 Å². The fraction of sp³-hybridized carbons (Fsp3) is 0.200. The van der Waals surface area contributed by atoms with E-state index in [1.54, 1.807) is 17.5 Å². The topological polar surface area (TPSA) is 51.2 Å². The second-order valence-electron chi connectivity index (χ2n) is 5.73. The smallest absolute Gasteiger partial charge is 0.224 e. The number of benzene rings is 2. The molecule has 0 spiro atoms. The summed E-state index contributed by atoms with van der Waals surface area (Å²) in [6.07, 6.45) is 2.89. The van der Waals surface area contributed by atoms with E-state index in [9.17, 15) is 4.79 Å². The SMILES string of the molecule is Cc1cccc(OCCCC(=O)Nc2ccc(-c3nccs3)cc2)c1. The van der Waals surface area contributed by atoms with Crippen LogP contribution in [0.5, 0.6) is 5.75 Å². The number of aromatic nitrogens is 1. The number of anilines is 1. The Morgan fingerprint density at radius 2 is 2.04 bits per heavy atom. The summed E-state index contributed by atoms with van der Waals surface area (Å²) in [4.78, 5) is 16.3. The number of aryl methyl sites for hydroxylation is 1. The number of ether oxygens (including phenoxy) is 1. The molecule has 5 heteroatoms. The number of carbonyl (C=O) groups is 1. The second-order valence-corrected chi connectivity index (χ2v) is 6.63. The number of hydrogen-bond donors (Lipinski definition) is 1. The second kappa shape index (κ2) is 8.44. The van der Waals surface area contributed by atoms with Gasteiger partial charge >= 0.3 is 0 Å². The molecule has 0 aliphatic heterocycles. The maximum atomic E-state index is 12.0. The summed E-state index contributed by atoms with van der Waals surface area (Å²) in [5, 5.41) is 5.84. The van der Waals surface area contributed by atoms with Crippen molar-refractivity contribution in [2.75, 3.05) is 11.9 Å². The lowest BCUT2D eigenvalue weighted by Gasteiger charge is -2.08. The van der Waals surface area contributed by atoms with Gasteiger partial charge in [-0.05, 0) is 55.3 Å². The highest BCUT2D eigenvalue weighted by molar-refractivity contribution is 7.13. The molecular formula is C20H20N2O2S. The Kier molecular flexibility index (Phi) is 5.80. The molecule has 1 heterocycles. The highest BCUT2D eigenvalue weighted by Gasteiger charge is 2.04. The molecule has 128 valence electrons. The Hall–Kier alpha value is -2.66. The Labute approximate surface area is 151 Å². The first-order chi connectivity index (χ1) is 12.2. The zero-order valence-electron chi connectivity index (χ0n) is 14.1. The van der Waals surface area contributed by atoms with Crippen LogP contribution in [0.1, 0.15) is 18.4 Å². The van der Waals surface area contributed by atoms with E-state index in [1.165, 1.54) is 0 Å². The molecule has 0 fully saturated rings. The van der Waals surface area contributed by atoms with Gasteiger partial charge in [-0.15, -0.1) is 11.3 Å². The minimum absolute atomic E-state index is 0.00478. The van der Waals surface area contributed by atoms with Crippen molar-refractivity contribution in [3.05, 3.63) is 65.7 Å². The third-order valence-corrected chi connectivity index (χ3v) is 4.48. The van der Waals surface area contributed by atoms with E-state index in [2.05, 4.69) is 10.3 Å². The Bertz CT molecular complexity index is 814. The first-order valence-corrected chi connectivity index (χ1v) is 9.08. The van der Waals surface area contributed by atoms with Gasteiger partial charge in [-0.2, -0.15) is 0 Å². The van der Waals surface area contributed by atoms with Crippen molar-refractivity contribution in [3.63, 3.8) is 0 Å². The molecule has 0 atom stereocenters. The molecule has 0 unspecified atom stereocenters. The summed E-state index contributed by atoms with van der Waals surface area (Å²) < 4.78 is 5.66. The number of nitrogens with one attached hydrogen (secondary N) is 1. The van der Waals surface area contributed by atoms with Crippen LogP contribution in [0.25, 0.3) is 10.6 Å². The average molecular weight is 352 g/mol. The van der Waals surface area contributed by atoms with E-state index in [0.29, 0.717) is 19.4 Å². The maximum Gasteiger partial charge on any atom is 0.224 e. The van der Waals surface area contributed by atoms with Gasteiger partial charge in [0.15, 0.2) is 0 Å². The van der Waals surface area contributed by atoms with Crippen LogP contribution in [-0.2, 0) is 4.79 Å². The van der Waals surface area contributed by atoms with Crippen LogP contribution in [0, 0.1) is 6.92 Å². The zero-order chi connectivity index (χ0) is 17.5. The first-order valence-electron chi connectivity index (χ1n) is 8.20. The number of carbonyl (C=O) groups excluding carboxylic acids is 1. The molecule has 3 rings (SSSR count). The van der Waals surface area contributed by atoms with Crippen molar-refractivity contribution in [1.29, 1.82) is 0 Å². The monoisotopic (exact) mass is 352 g/mol. The molecule has 0 aliphatic rings. The molecule has 2 aromatic carbocycles. The number of thiazole rings is 1. The Balaban J connectivity index is 1.41. The standard InChI is InChI=1S/C20H20N2O2S/c1-15-4-2-5-18(14-15)24-12-3-6-19(23)22-17-9-7-16(8-10-17)20-21-11-13-25-20/h2,4-5,7-11,13-14H,3,6,12H2,1H3,(H,22,23). The van der Waals surface area contributed by atoms with E-state index in [-0.39, 0.29) is 5.91 Å². The Morgan fingerprint density at radius 3 is 2.76 bits per heavy atom. The normalized spacial score (nSPS) is 10.4. The molecular weight excluding hydrogens is 332 g/mol. The van der Waals surface area contributed by atoms with Gasteiger partial charge in [0.1, 0.15) is 10.8 Å². The van der Waals surface area contributed by atoms with E-state index in [1.807, 2.05) is 60.8 Å². The highest BCUT2D eigenvalue weighted by Crippen LogP contribution is 2.23. The van der Waals surface area contributed by atoms with Crippen molar-refractivity contribution >= 4 is 22.9 Å². The summed E-state index contributed by atoms with van der Waals surface area (Å²) in [5.41, 5.74) is 3.01. The summed E-state index contributed by atoms with van der Waals surface area (Å²) in [7, 11) is 0. The third-order valence-electron chi connectivity index (χ3n) is 3.65. The largest absolute Gasteiger partial charge is 0.494 e. The van der Waals surface area contributed by atoms with Gasteiger partial charge in [-0.25, -0.2) is 4.98 Å². The fourth-order valence-electron chi connectivity index (χ4n) is 2.41. The number of rotatable bonds is 7. The van der Waals surface area contributed by atoms with Crippen LogP contribution in [-0.4, -0.2) is 17.5 Å². The van der Waals surface area contributed by atoms with Gasteiger partial charge in [0, 0.05) is 29.2 Å². The molecule has 1 amide bonds. The quantitative estimate of drug-likeness (QED) is 0.614. The molecule has 0 radical (unpaired) electrons. The number of amides is 1. The van der Waals surface area contributed by atoms with Crippen molar-refractivity contribution in [1.82, 2.24) is 4.98 Å². The predicted molar refractivity (Wildman–Crippen MR) is 102 cm³/mol.